The summed E-state index contributed by atoms with van der Waals surface area (Å²) in [6.07, 6.45) is 1.29. The maximum Gasteiger partial charge on any atom is 0.306 e. The zero-order chi connectivity index (χ0) is 20.4. The number of carboxylic acid groups (broad SMARTS) is 1. The highest BCUT2D eigenvalue weighted by molar-refractivity contribution is 5.70. The Hall–Kier alpha value is -2.90. The van der Waals surface area contributed by atoms with Crippen molar-refractivity contribution in [2.45, 2.75) is 19.8 Å². The van der Waals surface area contributed by atoms with Gasteiger partial charge in [-0.15, -0.1) is 0 Å². The Labute approximate surface area is 169 Å². The van der Waals surface area contributed by atoms with Crippen LogP contribution in [0.3, 0.4) is 0 Å². The Kier molecular flexibility index (Phi) is 5.51. The molecule has 1 aromatic carbocycles. The van der Waals surface area contributed by atoms with Gasteiger partial charge in [0.05, 0.1) is 5.92 Å². The Morgan fingerprint density at radius 2 is 1.45 bits per heavy atom. The van der Waals surface area contributed by atoms with Gasteiger partial charge in [-0.2, -0.15) is 0 Å². The van der Waals surface area contributed by atoms with Gasteiger partial charge in [0, 0.05) is 51.0 Å². The van der Waals surface area contributed by atoms with Crippen LogP contribution in [-0.4, -0.2) is 60.3 Å². The van der Waals surface area contributed by atoms with E-state index in [1.54, 1.807) is 0 Å². The fraction of sp³-hybridized carbons (Fsp3) is 0.476. The summed E-state index contributed by atoms with van der Waals surface area (Å²) >= 11 is 0. The molecule has 2 saturated heterocycles. The number of piperidine rings is 1. The van der Waals surface area contributed by atoms with Crippen LogP contribution in [-0.2, 0) is 4.79 Å². The largest absolute Gasteiger partial charge is 0.481 e. The topological polar surface area (TPSA) is 72.8 Å². The lowest BCUT2D eigenvalue weighted by Crippen LogP contribution is -2.47. The molecule has 0 radical (unpaired) electrons. The Bertz CT molecular complexity index is 860. The third kappa shape index (κ3) is 4.41. The molecule has 4 rings (SSSR count). The number of carbonyl (C=O) groups is 1. The first-order chi connectivity index (χ1) is 14.0. The van der Waals surface area contributed by atoms with Crippen molar-refractivity contribution < 1.29 is 14.3 Å². The van der Waals surface area contributed by atoms with Gasteiger partial charge < -0.3 is 19.8 Å². The number of aromatic nitrogens is 2. The summed E-state index contributed by atoms with van der Waals surface area (Å²) in [7, 11) is 0. The van der Waals surface area contributed by atoms with Gasteiger partial charge in [-0.1, -0.05) is 0 Å². The molecule has 8 heteroatoms. The molecule has 7 nitrogen and oxygen atoms in total. The molecule has 1 aromatic heterocycles. The number of carboxylic acids is 1. The molecule has 2 fully saturated rings. The molecule has 1 N–H and O–H groups in total. The molecule has 2 aromatic rings. The van der Waals surface area contributed by atoms with Crippen LogP contribution < -0.4 is 14.7 Å². The van der Waals surface area contributed by atoms with Gasteiger partial charge in [-0.3, -0.25) is 4.79 Å². The smallest absolute Gasteiger partial charge is 0.306 e. The van der Waals surface area contributed by atoms with Gasteiger partial charge in [-0.05, 0) is 44.0 Å². The third-order valence-electron chi connectivity index (χ3n) is 5.77. The summed E-state index contributed by atoms with van der Waals surface area (Å²) < 4.78 is 13.2. The summed E-state index contributed by atoms with van der Waals surface area (Å²) in [5.41, 5.74) is 1.03. The normalized spacial score (nSPS) is 18.2. The molecular formula is C21H26FN5O2. The Morgan fingerprint density at radius 1 is 0.931 bits per heavy atom. The molecule has 2 aliphatic rings. The summed E-state index contributed by atoms with van der Waals surface area (Å²) in [4.78, 5) is 27.1. The minimum atomic E-state index is -0.705. The summed E-state index contributed by atoms with van der Waals surface area (Å²) in [5.74, 6) is 1.32. The molecule has 0 amide bonds. The number of rotatable bonds is 4. The van der Waals surface area contributed by atoms with E-state index in [1.165, 1.54) is 12.1 Å². The third-order valence-corrected chi connectivity index (χ3v) is 5.77. The molecular weight excluding hydrogens is 373 g/mol. The number of halogens is 1. The van der Waals surface area contributed by atoms with Crippen molar-refractivity contribution in [2.24, 2.45) is 5.92 Å². The van der Waals surface area contributed by atoms with Gasteiger partial charge in [0.15, 0.2) is 0 Å². The van der Waals surface area contributed by atoms with Crippen LogP contribution in [0.1, 0.15) is 18.7 Å². The highest BCUT2D eigenvalue weighted by Gasteiger charge is 2.26. The van der Waals surface area contributed by atoms with E-state index in [0.717, 1.165) is 49.3 Å². The standard InChI is InChI=1S/C21H26FN5O2/c1-15-23-19(26-8-6-16(7-9-26)21(28)29)14-20(24-15)27-12-10-25(11-13-27)18-4-2-17(22)3-5-18/h2-5,14,16H,6-13H2,1H3,(H,28,29). The van der Waals surface area contributed by atoms with E-state index in [9.17, 15) is 14.3 Å². The minimum Gasteiger partial charge on any atom is -0.481 e. The zero-order valence-electron chi connectivity index (χ0n) is 16.6. The van der Waals surface area contributed by atoms with Crippen LogP contribution in [0.25, 0.3) is 0 Å². The number of benzene rings is 1. The van der Waals surface area contributed by atoms with Crippen molar-refractivity contribution in [2.75, 3.05) is 54.0 Å². The van der Waals surface area contributed by atoms with E-state index in [1.807, 2.05) is 25.1 Å². The number of nitrogens with zero attached hydrogens (tertiary/aromatic N) is 5. The van der Waals surface area contributed by atoms with E-state index in [0.29, 0.717) is 25.9 Å². The Balaban J connectivity index is 1.42. The predicted octanol–water partition coefficient (Wildman–Crippen LogP) is 2.55. The van der Waals surface area contributed by atoms with Crippen LogP contribution in [0.5, 0.6) is 0 Å². The number of aliphatic carboxylic acids is 1. The first-order valence-corrected chi connectivity index (χ1v) is 10.1. The fourth-order valence-electron chi connectivity index (χ4n) is 4.06. The summed E-state index contributed by atoms with van der Waals surface area (Å²) in [5, 5.41) is 9.20. The van der Waals surface area contributed by atoms with E-state index < -0.39 is 5.97 Å². The maximum atomic E-state index is 13.2. The molecule has 2 aliphatic heterocycles. The van der Waals surface area contributed by atoms with Crippen LogP contribution >= 0.6 is 0 Å². The quantitative estimate of drug-likeness (QED) is 0.847. The monoisotopic (exact) mass is 399 g/mol. The number of aryl methyl sites for hydroxylation is 1. The lowest BCUT2D eigenvalue weighted by atomic mass is 9.97. The first-order valence-electron chi connectivity index (χ1n) is 10.1. The van der Waals surface area contributed by atoms with E-state index >= 15 is 0 Å². The van der Waals surface area contributed by atoms with Crippen molar-refractivity contribution in [1.29, 1.82) is 0 Å². The van der Waals surface area contributed by atoms with Crippen molar-refractivity contribution in [3.8, 4) is 0 Å². The van der Waals surface area contributed by atoms with Gasteiger partial charge >= 0.3 is 5.97 Å². The van der Waals surface area contributed by atoms with Gasteiger partial charge in [-0.25, -0.2) is 14.4 Å². The van der Waals surface area contributed by atoms with Gasteiger partial charge in [0.25, 0.3) is 0 Å². The zero-order valence-corrected chi connectivity index (χ0v) is 16.6. The molecule has 3 heterocycles. The lowest BCUT2D eigenvalue weighted by Gasteiger charge is -2.37. The molecule has 0 saturated carbocycles. The molecule has 0 atom stereocenters. The van der Waals surface area contributed by atoms with Crippen molar-refractivity contribution in [1.82, 2.24) is 9.97 Å². The molecule has 0 bridgehead atoms. The average molecular weight is 399 g/mol. The van der Waals surface area contributed by atoms with Crippen LogP contribution in [0.4, 0.5) is 21.7 Å². The SMILES string of the molecule is Cc1nc(N2CCC(C(=O)O)CC2)cc(N2CCN(c3ccc(F)cc3)CC2)n1. The summed E-state index contributed by atoms with van der Waals surface area (Å²) in [6, 6.07) is 8.64. The second-order valence-electron chi connectivity index (χ2n) is 7.68. The molecule has 0 spiro atoms. The highest BCUT2D eigenvalue weighted by Crippen LogP contribution is 2.26. The number of anilines is 3. The Morgan fingerprint density at radius 3 is 2.00 bits per heavy atom. The van der Waals surface area contributed by atoms with Crippen molar-refractivity contribution >= 4 is 23.3 Å². The van der Waals surface area contributed by atoms with Crippen LogP contribution in [0.2, 0.25) is 0 Å². The van der Waals surface area contributed by atoms with Crippen LogP contribution in [0.15, 0.2) is 30.3 Å². The minimum absolute atomic E-state index is 0.219. The summed E-state index contributed by atoms with van der Waals surface area (Å²) in [6.45, 7) is 6.63. The molecule has 0 unspecified atom stereocenters. The predicted molar refractivity (Wildman–Crippen MR) is 110 cm³/mol. The van der Waals surface area contributed by atoms with Crippen molar-refractivity contribution in [3.05, 3.63) is 42.0 Å². The van der Waals surface area contributed by atoms with E-state index in [-0.39, 0.29) is 11.7 Å². The maximum absolute atomic E-state index is 13.2. The highest BCUT2D eigenvalue weighted by atomic mass is 19.1. The van der Waals surface area contributed by atoms with E-state index in [4.69, 9.17) is 0 Å². The fourth-order valence-corrected chi connectivity index (χ4v) is 4.06. The second-order valence-corrected chi connectivity index (χ2v) is 7.68. The van der Waals surface area contributed by atoms with Crippen LogP contribution in [0, 0.1) is 18.7 Å². The molecule has 0 aliphatic carbocycles. The number of piperazine rings is 1. The van der Waals surface area contributed by atoms with Crippen molar-refractivity contribution in [3.63, 3.8) is 0 Å². The number of hydrogen-bond acceptors (Lipinski definition) is 6. The van der Waals surface area contributed by atoms with E-state index in [2.05, 4.69) is 24.7 Å². The lowest BCUT2D eigenvalue weighted by molar-refractivity contribution is -0.142. The second kappa shape index (κ2) is 8.23. The molecule has 29 heavy (non-hydrogen) atoms. The first kappa shape index (κ1) is 19.4. The van der Waals surface area contributed by atoms with Gasteiger partial charge in [0.2, 0.25) is 0 Å². The molecule has 154 valence electrons. The van der Waals surface area contributed by atoms with Gasteiger partial charge in [0.1, 0.15) is 23.3 Å². The average Bonchev–Trinajstić information content (AvgIpc) is 2.74. The number of hydrogen-bond donors (Lipinski definition) is 1.